The number of halogens is 6. The van der Waals surface area contributed by atoms with Gasteiger partial charge in [-0.25, -0.2) is 17.6 Å². The van der Waals surface area contributed by atoms with Crippen molar-refractivity contribution >= 4 is 5.97 Å². The molecular weight excluding hydrogens is 326 g/mol. The van der Waals surface area contributed by atoms with Crippen LogP contribution in [0.2, 0.25) is 0 Å². The van der Waals surface area contributed by atoms with Crippen molar-refractivity contribution in [1.82, 2.24) is 0 Å². The summed E-state index contributed by atoms with van der Waals surface area (Å²) >= 11 is 0. The van der Waals surface area contributed by atoms with Gasteiger partial charge in [-0.05, 0) is 25.7 Å². The molecule has 128 valence electrons. The van der Waals surface area contributed by atoms with Crippen LogP contribution in [0.1, 0.15) is 38.5 Å². The lowest BCUT2D eigenvalue weighted by Crippen LogP contribution is -2.26. The first-order valence-electron chi connectivity index (χ1n) is 7.14. The van der Waals surface area contributed by atoms with E-state index in [4.69, 9.17) is 0 Å². The van der Waals surface area contributed by atoms with Gasteiger partial charge in [0.2, 0.25) is 23.3 Å². The second kappa shape index (κ2) is 6.80. The average molecular weight is 340 g/mol. The van der Waals surface area contributed by atoms with Gasteiger partial charge in [-0.15, -0.1) is 0 Å². The fourth-order valence-electron chi connectivity index (χ4n) is 2.54. The third-order valence-electron chi connectivity index (χ3n) is 3.80. The molecule has 0 unspecified atom stereocenters. The summed E-state index contributed by atoms with van der Waals surface area (Å²) in [6, 6.07) is -0.0000997. The Morgan fingerprint density at radius 1 is 1.00 bits per heavy atom. The topological polar surface area (TPSA) is 26.3 Å². The van der Waals surface area contributed by atoms with E-state index in [0.717, 1.165) is 0 Å². The van der Waals surface area contributed by atoms with E-state index in [1.54, 1.807) is 0 Å². The second-order valence-electron chi connectivity index (χ2n) is 5.56. The third-order valence-corrected chi connectivity index (χ3v) is 3.80. The lowest BCUT2D eigenvalue weighted by molar-refractivity contribution is -0.140. The number of rotatable bonds is 2. The smallest absolute Gasteiger partial charge is 0.314 e. The van der Waals surface area contributed by atoms with Gasteiger partial charge < -0.3 is 4.74 Å². The summed E-state index contributed by atoms with van der Waals surface area (Å²) in [4.78, 5) is 11.9. The van der Waals surface area contributed by atoms with Crippen molar-refractivity contribution in [3.8, 4) is 5.75 Å². The van der Waals surface area contributed by atoms with E-state index in [9.17, 15) is 31.1 Å². The van der Waals surface area contributed by atoms with E-state index in [2.05, 4.69) is 4.74 Å². The summed E-state index contributed by atoms with van der Waals surface area (Å²) in [5, 5.41) is 0. The standard InChI is InChI=1S/C15H14F6O2/c16-9-7-10(17)12(19)13(11(9)18)23-14(22)8-3-1-5-15(20,21)6-2-4-8/h7-8H,1-6H2. The molecule has 1 aliphatic carbocycles. The van der Waals surface area contributed by atoms with Crippen molar-refractivity contribution in [2.24, 2.45) is 5.92 Å². The first-order valence-corrected chi connectivity index (χ1v) is 7.14. The van der Waals surface area contributed by atoms with Crippen molar-refractivity contribution in [1.29, 1.82) is 0 Å². The van der Waals surface area contributed by atoms with Gasteiger partial charge in [-0.3, -0.25) is 4.79 Å². The van der Waals surface area contributed by atoms with Crippen molar-refractivity contribution < 1.29 is 35.9 Å². The van der Waals surface area contributed by atoms with E-state index >= 15 is 0 Å². The number of hydrogen-bond donors (Lipinski definition) is 0. The molecule has 1 fully saturated rings. The molecule has 8 heteroatoms. The number of esters is 1. The molecule has 0 aromatic heterocycles. The lowest BCUT2D eigenvalue weighted by Gasteiger charge is -2.23. The minimum absolute atomic E-state index is 0.0000997. The fraction of sp³-hybridized carbons (Fsp3) is 0.533. The normalized spacial score (nSPS) is 19.0. The quantitative estimate of drug-likeness (QED) is 0.336. The van der Waals surface area contributed by atoms with Gasteiger partial charge in [0, 0.05) is 18.9 Å². The van der Waals surface area contributed by atoms with Crippen molar-refractivity contribution in [3.05, 3.63) is 29.3 Å². The molecule has 2 nitrogen and oxygen atoms in total. The van der Waals surface area contributed by atoms with Gasteiger partial charge in [-0.2, -0.15) is 8.78 Å². The molecule has 0 bridgehead atoms. The highest BCUT2D eigenvalue weighted by molar-refractivity contribution is 5.75. The van der Waals surface area contributed by atoms with E-state index in [1.807, 2.05) is 0 Å². The summed E-state index contributed by atoms with van der Waals surface area (Å²) in [5.41, 5.74) is 0. The Morgan fingerprint density at radius 3 is 1.96 bits per heavy atom. The maximum atomic E-state index is 13.5. The molecule has 1 aliphatic rings. The maximum absolute atomic E-state index is 13.5. The van der Waals surface area contributed by atoms with Gasteiger partial charge in [-0.1, -0.05) is 0 Å². The molecule has 0 heterocycles. The van der Waals surface area contributed by atoms with E-state index < -0.39 is 59.7 Å². The Bertz CT molecular complexity index is 564. The van der Waals surface area contributed by atoms with Crippen LogP contribution >= 0.6 is 0 Å². The highest BCUT2D eigenvalue weighted by atomic mass is 19.3. The Balaban J connectivity index is 2.11. The molecule has 1 aromatic carbocycles. The SMILES string of the molecule is O=C(Oc1c(F)c(F)cc(F)c1F)C1CCCC(F)(F)CCC1. The van der Waals surface area contributed by atoms with Crippen LogP contribution in [0.15, 0.2) is 6.07 Å². The Kier molecular flexibility index (Phi) is 5.21. The highest BCUT2D eigenvalue weighted by Crippen LogP contribution is 2.34. The second-order valence-corrected chi connectivity index (χ2v) is 5.56. The van der Waals surface area contributed by atoms with Crippen LogP contribution in [0.4, 0.5) is 26.3 Å². The predicted octanol–water partition coefficient (Wildman–Crippen LogP) is 4.75. The Hall–Kier alpha value is -1.73. The molecule has 0 radical (unpaired) electrons. The van der Waals surface area contributed by atoms with Crippen LogP contribution < -0.4 is 4.74 Å². The van der Waals surface area contributed by atoms with Gasteiger partial charge in [0.05, 0.1) is 5.92 Å². The number of carbonyl (C=O) groups is 1. The first kappa shape index (κ1) is 17.6. The van der Waals surface area contributed by atoms with Gasteiger partial charge in [0.1, 0.15) is 0 Å². The van der Waals surface area contributed by atoms with Crippen LogP contribution in [-0.2, 0) is 4.79 Å². The third kappa shape index (κ3) is 4.17. The van der Waals surface area contributed by atoms with Crippen LogP contribution in [-0.4, -0.2) is 11.9 Å². The number of hydrogen-bond acceptors (Lipinski definition) is 2. The van der Waals surface area contributed by atoms with Crippen LogP contribution in [0.3, 0.4) is 0 Å². The zero-order valence-corrected chi connectivity index (χ0v) is 12.0. The largest absolute Gasteiger partial charge is 0.420 e. The zero-order valence-electron chi connectivity index (χ0n) is 12.0. The number of alkyl halides is 2. The monoisotopic (exact) mass is 340 g/mol. The molecule has 0 amide bonds. The van der Waals surface area contributed by atoms with E-state index in [1.165, 1.54) is 0 Å². The first-order chi connectivity index (χ1) is 10.7. The Labute approximate surface area is 128 Å². The molecule has 2 rings (SSSR count). The number of ether oxygens (including phenoxy) is 1. The minimum Gasteiger partial charge on any atom is -0.420 e. The molecule has 0 spiro atoms. The molecule has 0 atom stereocenters. The van der Waals surface area contributed by atoms with E-state index in [0.29, 0.717) is 0 Å². The predicted molar refractivity (Wildman–Crippen MR) is 68.0 cm³/mol. The summed E-state index contributed by atoms with van der Waals surface area (Å²) in [7, 11) is 0. The molecule has 23 heavy (non-hydrogen) atoms. The number of benzene rings is 1. The lowest BCUT2D eigenvalue weighted by atomic mass is 9.89. The summed E-state index contributed by atoms with van der Waals surface area (Å²) < 4.78 is 83.9. The maximum Gasteiger partial charge on any atom is 0.314 e. The highest BCUT2D eigenvalue weighted by Gasteiger charge is 2.33. The summed E-state index contributed by atoms with van der Waals surface area (Å²) in [6.07, 6.45) is -0.613. The zero-order chi connectivity index (χ0) is 17.2. The van der Waals surface area contributed by atoms with Gasteiger partial charge >= 0.3 is 5.97 Å². The molecule has 1 saturated carbocycles. The van der Waals surface area contributed by atoms with Crippen molar-refractivity contribution in [3.63, 3.8) is 0 Å². The molecule has 0 saturated heterocycles. The molecule has 1 aromatic rings. The van der Waals surface area contributed by atoms with Crippen LogP contribution in [0, 0.1) is 29.2 Å². The fourth-order valence-corrected chi connectivity index (χ4v) is 2.54. The van der Waals surface area contributed by atoms with Crippen LogP contribution in [0.25, 0.3) is 0 Å². The Morgan fingerprint density at radius 2 is 1.48 bits per heavy atom. The molecule has 0 aliphatic heterocycles. The van der Waals surface area contributed by atoms with Crippen molar-refractivity contribution in [2.45, 2.75) is 44.4 Å². The number of carbonyl (C=O) groups excluding carboxylic acids is 1. The molecular formula is C15H14F6O2. The molecule has 0 N–H and O–H groups in total. The summed E-state index contributed by atoms with van der Waals surface area (Å²) in [6.45, 7) is 0. The minimum atomic E-state index is -2.79. The van der Waals surface area contributed by atoms with Crippen LogP contribution in [0.5, 0.6) is 5.75 Å². The summed E-state index contributed by atoms with van der Waals surface area (Å²) in [5.74, 6) is -13.2. The van der Waals surface area contributed by atoms with E-state index in [-0.39, 0.29) is 31.7 Å². The van der Waals surface area contributed by atoms with Crippen molar-refractivity contribution in [2.75, 3.05) is 0 Å². The average Bonchev–Trinajstić information content (AvgIpc) is 2.45. The van der Waals surface area contributed by atoms with Gasteiger partial charge in [0.15, 0.2) is 11.6 Å². The van der Waals surface area contributed by atoms with Gasteiger partial charge in [0.25, 0.3) is 0 Å².